The SMILES string of the molecule is CCC(CCN1CCC(C(=O)O)CC1)c1c(S(C)(=O)=O)ccc2c1Nc1ccccc1S2. The van der Waals surface area contributed by atoms with Crippen LogP contribution < -0.4 is 5.32 Å². The zero-order chi connectivity index (χ0) is 22.9. The number of rotatable bonds is 7. The fourth-order valence-corrected chi connectivity index (χ4v) is 6.72. The van der Waals surface area contributed by atoms with E-state index in [4.69, 9.17) is 0 Å². The molecule has 0 aromatic heterocycles. The van der Waals surface area contributed by atoms with Gasteiger partial charge < -0.3 is 15.3 Å². The molecule has 0 radical (unpaired) electrons. The second kappa shape index (κ2) is 9.45. The molecule has 172 valence electrons. The molecule has 1 fully saturated rings. The van der Waals surface area contributed by atoms with Gasteiger partial charge >= 0.3 is 5.97 Å². The number of anilines is 2. The Bertz CT molecular complexity index is 1110. The molecular formula is C24H30N2O4S2. The highest BCUT2D eigenvalue weighted by Crippen LogP contribution is 2.49. The number of nitrogens with one attached hydrogen (secondary N) is 1. The average molecular weight is 475 g/mol. The summed E-state index contributed by atoms with van der Waals surface area (Å²) in [6.45, 7) is 4.50. The first-order chi connectivity index (χ1) is 15.3. The van der Waals surface area contributed by atoms with Crippen molar-refractivity contribution in [3.05, 3.63) is 42.0 Å². The predicted octanol–water partition coefficient (Wildman–Crippen LogP) is 4.98. The Morgan fingerprint density at radius 1 is 1.19 bits per heavy atom. The molecule has 2 aromatic rings. The van der Waals surface area contributed by atoms with Gasteiger partial charge in [-0.2, -0.15) is 0 Å². The Hall–Kier alpha value is -2.03. The van der Waals surface area contributed by atoms with Crippen molar-refractivity contribution in [2.24, 2.45) is 5.92 Å². The summed E-state index contributed by atoms with van der Waals surface area (Å²) in [7, 11) is -3.39. The molecule has 0 bridgehead atoms. The molecule has 0 saturated carbocycles. The van der Waals surface area contributed by atoms with E-state index in [1.54, 1.807) is 17.8 Å². The van der Waals surface area contributed by atoms with Crippen LogP contribution in [0.5, 0.6) is 0 Å². The topological polar surface area (TPSA) is 86.7 Å². The van der Waals surface area contributed by atoms with Crippen LogP contribution in [0.4, 0.5) is 11.4 Å². The fraction of sp³-hybridized carbons (Fsp3) is 0.458. The van der Waals surface area contributed by atoms with Gasteiger partial charge in [0.25, 0.3) is 0 Å². The molecule has 1 unspecified atom stereocenters. The highest BCUT2D eigenvalue weighted by molar-refractivity contribution is 7.99. The van der Waals surface area contributed by atoms with Gasteiger partial charge in [0.05, 0.1) is 22.2 Å². The van der Waals surface area contributed by atoms with Crippen molar-refractivity contribution >= 4 is 38.9 Å². The molecule has 1 saturated heterocycles. The van der Waals surface area contributed by atoms with Crippen molar-refractivity contribution < 1.29 is 18.3 Å². The van der Waals surface area contributed by atoms with Crippen molar-refractivity contribution in [3.8, 4) is 0 Å². The summed E-state index contributed by atoms with van der Waals surface area (Å²) in [5, 5.41) is 12.8. The Morgan fingerprint density at radius 2 is 1.91 bits per heavy atom. The number of fused-ring (bicyclic) bond motifs is 2. The summed E-state index contributed by atoms with van der Waals surface area (Å²) < 4.78 is 25.4. The summed E-state index contributed by atoms with van der Waals surface area (Å²) in [5.74, 6) is -0.855. The third kappa shape index (κ3) is 4.82. The molecule has 0 spiro atoms. The van der Waals surface area contributed by atoms with Gasteiger partial charge in [-0.1, -0.05) is 30.8 Å². The fourth-order valence-electron chi connectivity index (χ4n) is 4.73. The van der Waals surface area contributed by atoms with Crippen LogP contribution in [-0.4, -0.2) is 50.3 Å². The summed E-state index contributed by atoms with van der Waals surface area (Å²) in [6.07, 6.45) is 4.30. The highest BCUT2D eigenvalue weighted by atomic mass is 32.2. The van der Waals surface area contributed by atoms with Crippen molar-refractivity contribution in [1.82, 2.24) is 4.90 Å². The number of para-hydroxylation sites is 1. The third-order valence-electron chi connectivity index (χ3n) is 6.57. The lowest BCUT2D eigenvalue weighted by Gasteiger charge is -2.32. The maximum atomic E-state index is 12.7. The van der Waals surface area contributed by atoms with Gasteiger partial charge in [0.1, 0.15) is 0 Å². The van der Waals surface area contributed by atoms with Crippen LogP contribution in [0.2, 0.25) is 0 Å². The van der Waals surface area contributed by atoms with E-state index in [1.807, 2.05) is 24.3 Å². The normalized spacial score (nSPS) is 17.8. The van der Waals surface area contributed by atoms with E-state index in [9.17, 15) is 18.3 Å². The minimum Gasteiger partial charge on any atom is -0.481 e. The van der Waals surface area contributed by atoms with Gasteiger partial charge in [-0.3, -0.25) is 4.79 Å². The first-order valence-electron chi connectivity index (χ1n) is 11.1. The number of nitrogens with zero attached hydrogens (tertiary/aromatic N) is 1. The summed E-state index contributed by atoms with van der Waals surface area (Å²) >= 11 is 1.67. The number of carboxylic acid groups (broad SMARTS) is 1. The van der Waals surface area contributed by atoms with Crippen molar-refractivity contribution in [1.29, 1.82) is 0 Å². The monoisotopic (exact) mass is 474 g/mol. The Balaban J connectivity index is 1.61. The van der Waals surface area contributed by atoms with Crippen LogP contribution in [0, 0.1) is 5.92 Å². The van der Waals surface area contributed by atoms with Gasteiger partial charge in [0.15, 0.2) is 9.84 Å². The molecular weight excluding hydrogens is 444 g/mol. The van der Waals surface area contributed by atoms with Crippen LogP contribution in [0.3, 0.4) is 0 Å². The van der Waals surface area contributed by atoms with E-state index in [0.717, 1.165) is 59.2 Å². The molecule has 4 rings (SSSR count). The third-order valence-corrected chi connectivity index (χ3v) is 8.86. The molecule has 8 heteroatoms. The number of carboxylic acids is 1. The van der Waals surface area contributed by atoms with Gasteiger partial charge in [-0.25, -0.2) is 8.42 Å². The smallest absolute Gasteiger partial charge is 0.306 e. The lowest BCUT2D eigenvalue weighted by Crippen LogP contribution is -2.37. The van der Waals surface area contributed by atoms with Gasteiger partial charge in [0.2, 0.25) is 0 Å². The lowest BCUT2D eigenvalue weighted by molar-refractivity contribution is -0.143. The van der Waals surface area contributed by atoms with E-state index in [1.165, 1.54) is 6.26 Å². The van der Waals surface area contributed by atoms with Crippen molar-refractivity contribution in [3.63, 3.8) is 0 Å². The maximum absolute atomic E-state index is 12.7. The molecule has 2 heterocycles. The number of likely N-dealkylation sites (tertiary alicyclic amines) is 1. The number of hydrogen-bond acceptors (Lipinski definition) is 6. The number of piperidine rings is 1. The van der Waals surface area contributed by atoms with Crippen LogP contribution in [0.15, 0.2) is 51.1 Å². The number of carbonyl (C=O) groups is 1. The quantitative estimate of drug-likeness (QED) is 0.499. The average Bonchev–Trinajstić information content (AvgIpc) is 2.77. The summed E-state index contributed by atoms with van der Waals surface area (Å²) in [5.41, 5.74) is 2.80. The van der Waals surface area contributed by atoms with E-state index < -0.39 is 15.8 Å². The highest BCUT2D eigenvalue weighted by Gasteiger charge is 2.29. The number of benzene rings is 2. The van der Waals surface area contributed by atoms with E-state index in [-0.39, 0.29) is 11.8 Å². The summed E-state index contributed by atoms with van der Waals surface area (Å²) in [4.78, 5) is 16.1. The van der Waals surface area contributed by atoms with E-state index in [2.05, 4.69) is 23.2 Å². The molecule has 2 aromatic carbocycles. The molecule has 32 heavy (non-hydrogen) atoms. The number of sulfone groups is 1. The number of aliphatic carboxylic acids is 1. The Kier molecular flexibility index (Phi) is 6.83. The standard InChI is InChI=1S/C24H30N2O4S2/c1-3-16(10-13-26-14-11-17(12-15-26)24(27)28)22-21(32(2,29)30)9-8-20-23(22)25-18-6-4-5-7-19(18)31-20/h4-9,16-17,25H,3,10-15H2,1-2H3,(H,27,28). The maximum Gasteiger partial charge on any atom is 0.306 e. The van der Waals surface area contributed by atoms with Gasteiger partial charge in [0, 0.05) is 16.0 Å². The van der Waals surface area contributed by atoms with Crippen LogP contribution in [0.25, 0.3) is 0 Å². The van der Waals surface area contributed by atoms with Crippen LogP contribution >= 0.6 is 11.8 Å². The first-order valence-corrected chi connectivity index (χ1v) is 13.8. The van der Waals surface area contributed by atoms with E-state index in [0.29, 0.717) is 17.7 Å². The van der Waals surface area contributed by atoms with Crippen molar-refractivity contribution in [2.45, 2.75) is 53.2 Å². The van der Waals surface area contributed by atoms with Crippen LogP contribution in [0.1, 0.15) is 44.1 Å². The van der Waals surface area contributed by atoms with Crippen LogP contribution in [-0.2, 0) is 14.6 Å². The minimum absolute atomic E-state index is 0.0882. The van der Waals surface area contributed by atoms with E-state index >= 15 is 0 Å². The Labute approximate surface area is 194 Å². The number of hydrogen-bond donors (Lipinski definition) is 2. The molecule has 0 amide bonds. The van der Waals surface area contributed by atoms with Gasteiger partial charge in [-0.15, -0.1) is 0 Å². The molecule has 0 aliphatic carbocycles. The molecule has 2 aliphatic rings. The minimum atomic E-state index is -3.39. The molecule has 1 atom stereocenters. The molecule has 2 N–H and O–H groups in total. The van der Waals surface area contributed by atoms with Crippen molar-refractivity contribution in [2.75, 3.05) is 31.2 Å². The Morgan fingerprint density at radius 3 is 2.56 bits per heavy atom. The second-order valence-corrected chi connectivity index (χ2v) is 11.8. The molecule has 6 nitrogen and oxygen atoms in total. The first kappa shape index (κ1) is 23.1. The van der Waals surface area contributed by atoms with Gasteiger partial charge in [-0.05, 0) is 81.1 Å². The largest absolute Gasteiger partial charge is 0.481 e. The zero-order valence-corrected chi connectivity index (χ0v) is 20.1. The lowest BCUT2D eigenvalue weighted by atomic mass is 9.90. The predicted molar refractivity (Wildman–Crippen MR) is 128 cm³/mol. The summed E-state index contributed by atoms with van der Waals surface area (Å²) in [6, 6.07) is 11.7. The zero-order valence-electron chi connectivity index (χ0n) is 18.5. The molecule has 2 aliphatic heterocycles. The second-order valence-electron chi connectivity index (χ2n) is 8.69.